The third kappa shape index (κ3) is 2.15. The van der Waals surface area contributed by atoms with Crippen LogP contribution in [0.3, 0.4) is 0 Å². The van der Waals surface area contributed by atoms with Crippen LogP contribution in [0.5, 0.6) is 5.75 Å². The van der Waals surface area contributed by atoms with Crippen LogP contribution in [0.2, 0.25) is 0 Å². The topological polar surface area (TPSA) is 21.3 Å². The van der Waals surface area contributed by atoms with Crippen molar-refractivity contribution in [3.05, 3.63) is 46.2 Å². The highest BCUT2D eigenvalue weighted by molar-refractivity contribution is 7.07. The first-order valence-electron chi connectivity index (χ1n) is 5.87. The Labute approximate surface area is 105 Å². The summed E-state index contributed by atoms with van der Waals surface area (Å²) in [7, 11) is 0. The van der Waals surface area contributed by atoms with E-state index in [1.807, 2.05) is 0 Å². The molecular formula is C14H15NOS. The SMILES string of the molecule is CC(Nc1ccc2c(c1)CCO2)c1ccsc1. The monoisotopic (exact) mass is 245 g/mol. The first-order valence-corrected chi connectivity index (χ1v) is 6.81. The molecule has 0 aliphatic carbocycles. The van der Waals surface area contributed by atoms with Gasteiger partial charge in [0.15, 0.2) is 0 Å². The van der Waals surface area contributed by atoms with Gasteiger partial charge in [-0.25, -0.2) is 0 Å². The highest BCUT2D eigenvalue weighted by Crippen LogP contribution is 2.29. The molecule has 1 aliphatic heterocycles. The second-order valence-electron chi connectivity index (χ2n) is 4.34. The number of thiophene rings is 1. The van der Waals surface area contributed by atoms with Gasteiger partial charge >= 0.3 is 0 Å². The second kappa shape index (κ2) is 4.41. The summed E-state index contributed by atoms with van der Waals surface area (Å²) in [4.78, 5) is 0. The fourth-order valence-electron chi connectivity index (χ4n) is 2.13. The molecule has 0 amide bonds. The Bertz CT molecular complexity index is 507. The predicted octanol–water partition coefficient (Wildman–Crippen LogP) is 3.86. The Kier molecular flexibility index (Phi) is 2.77. The van der Waals surface area contributed by atoms with Crippen molar-refractivity contribution in [2.24, 2.45) is 0 Å². The van der Waals surface area contributed by atoms with Crippen LogP contribution in [0, 0.1) is 0 Å². The average Bonchev–Trinajstić information content (AvgIpc) is 2.99. The molecule has 1 N–H and O–H groups in total. The van der Waals surface area contributed by atoms with E-state index in [9.17, 15) is 0 Å². The molecule has 17 heavy (non-hydrogen) atoms. The minimum Gasteiger partial charge on any atom is -0.493 e. The van der Waals surface area contributed by atoms with E-state index in [0.29, 0.717) is 6.04 Å². The highest BCUT2D eigenvalue weighted by atomic mass is 32.1. The largest absolute Gasteiger partial charge is 0.493 e. The minimum atomic E-state index is 0.349. The summed E-state index contributed by atoms with van der Waals surface area (Å²) in [5.74, 6) is 1.04. The Balaban J connectivity index is 1.77. The number of nitrogens with one attached hydrogen (secondary N) is 1. The zero-order chi connectivity index (χ0) is 11.7. The lowest BCUT2D eigenvalue weighted by molar-refractivity contribution is 0.357. The summed E-state index contributed by atoms with van der Waals surface area (Å²) in [6.45, 7) is 3.00. The van der Waals surface area contributed by atoms with Gasteiger partial charge in [-0.05, 0) is 53.1 Å². The van der Waals surface area contributed by atoms with Gasteiger partial charge in [-0.1, -0.05) is 0 Å². The van der Waals surface area contributed by atoms with E-state index in [0.717, 1.165) is 18.8 Å². The van der Waals surface area contributed by atoms with Crippen LogP contribution >= 0.6 is 11.3 Å². The summed E-state index contributed by atoms with van der Waals surface area (Å²) in [5.41, 5.74) is 3.83. The number of rotatable bonds is 3. The van der Waals surface area contributed by atoms with E-state index in [4.69, 9.17) is 4.74 Å². The van der Waals surface area contributed by atoms with Gasteiger partial charge in [-0.2, -0.15) is 11.3 Å². The molecule has 2 nitrogen and oxygen atoms in total. The zero-order valence-corrected chi connectivity index (χ0v) is 10.6. The van der Waals surface area contributed by atoms with E-state index in [1.54, 1.807) is 11.3 Å². The Morgan fingerprint density at radius 2 is 2.29 bits per heavy atom. The smallest absolute Gasteiger partial charge is 0.122 e. The maximum Gasteiger partial charge on any atom is 0.122 e. The molecule has 1 aromatic carbocycles. The van der Waals surface area contributed by atoms with Gasteiger partial charge in [0.1, 0.15) is 5.75 Å². The summed E-state index contributed by atoms with van der Waals surface area (Å²) < 4.78 is 5.50. The number of ether oxygens (including phenoxy) is 1. The first kappa shape index (κ1) is 10.7. The van der Waals surface area contributed by atoms with Gasteiger partial charge < -0.3 is 10.1 Å². The van der Waals surface area contributed by atoms with Crippen LogP contribution in [0.25, 0.3) is 0 Å². The molecule has 0 fully saturated rings. The van der Waals surface area contributed by atoms with E-state index in [-0.39, 0.29) is 0 Å². The first-order chi connectivity index (χ1) is 8.33. The molecular weight excluding hydrogens is 230 g/mol. The van der Waals surface area contributed by atoms with Crippen LogP contribution in [0.15, 0.2) is 35.0 Å². The maximum absolute atomic E-state index is 5.50. The summed E-state index contributed by atoms with van der Waals surface area (Å²) >= 11 is 1.74. The second-order valence-corrected chi connectivity index (χ2v) is 5.12. The molecule has 0 spiro atoms. The van der Waals surface area contributed by atoms with Crippen molar-refractivity contribution in [3.8, 4) is 5.75 Å². The van der Waals surface area contributed by atoms with E-state index < -0.39 is 0 Å². The molecule has 0 saturated carbocycles. The van der Waals surface area contributed by atoms with Crippen molar-refractivity contribution < 1.29 is 4.74 Å². The quantitative estimate of drug-likeness (QED) is 0.886. The fourth-order valence-corrected chi connectivity index (χ4v) is 2.89. The standard InChI is InChI=1S/C14H15NOS/c1-10(12-5-7-17-9-12)15-13-2-3-14-11(8-13)4-6-16-14/h2-3,5,7-10,15H,4,6H2,1H3. The van der Waals surface area contributed by atoms with E-state index in [1.165, 1.54) is 16.8 Å². The van der Waals surface area contributed by atoms with Gasteiger partial charge in [0.05, 0.1) is 6.61 Å². The van der Waals surface area contributed by atoms with Crippen molar-refractivity contribution in [2.75, 3.05) is 11.9 Å². The number of benzene rings is 1. The lowest BCUT2D eigenvalue weighted by atomic mass is 10.1. The molecule has 0 saturated heterocycles. The molecule has 1 unspecified atom stereocenters. The molecule has 88 valence electrons. The van der Waals surface area contributed by atoms with Crippen molar-refractivity contribution >= 4 is 17.0 Å². The fraction of sp³-hybridized carbons (Fsp3) is 0.286. The molecule has 0 bridgehead atoms. The molecule has 0 radical (unpaired) electrons. The molecule has 3 heteroatoms. The third-order valence-corrected chi connectivity index (χ3v) is 3.82. The normalized spacial score (nSPS) is 15.1. The minimum absolute atomic E-state index is 0.349. The zero-order valence-electron chi connectivity index (χ0n) is 9.77. The van der Waals surface area contributed by atoms with E-state index >= 15 is 0 Å². The van der Waals surface area contributed by atoms with Crippen LogP contribution in [0.4, 0.5) is 5.69 Å². The van der Waals surface area contributed by atoms with E-state index in [2.05, 4.69) is 47.3 Å². The number of hydrogen-bond donors (Lipinski definition) is 1. The molecule has 3 rings (SSSR count). The number of anilines is 1. The van der Waals surface area contributed by atoms with Crippen LogP contribution in [-0.2, 0) is 6.42 Å². The molecule has 2 aromatic rings. The Hall–Kier alpha value is -1.48. The number of hydrogen-bond acceptors (Lipinski definition) is 3. The Morgan fingerprint density at radius 3 is 3.12 bits per heavy atom. The molecule has 2 heterocycles. The van der Waals surface area contributed by atoms with Gasteiger partial charge in [0.2, 0.25) is 0 Å². The Morgan fingerprint density at radius 1 is 1.35 bits per heavy atom. The summed E-state index contributed by atoms with van der Waals surface area (Å²) in [5, 5.41) is 7.83. The van der Waals surface area contributed by atoms with Crippen molar-refractivity contribution in [3.63, 3.8) is 0 Å². The average molecular weight is 245 g/mol. The summed E-state index contributed by atoms with van der Waals surface area (Å²) in [6.07, 6.45) is 1.03. The lowest BCUT2D eigenvalue weighted by Gasteiger charge is -2.14. The molecule has 1 aromatic heterocycles. The summed E-state index contributed by atoms with van der Waals surface area (Å²) in [6, 6.07) is 8.86. The van der Waals surface area contributed by atoms with Gasteiger partial charge in [-0.15, -0.1) is 0 Å². The number of fused-ring (bicyclic) bond motifs is 1. The van der Waals surface area contributed by atoms with Crippen molar-refractivity contribution in [1.29, 1.82) is 0 Å². The molecule has 1 atom stereocenters. The van der Waals surface area contributed by atoms with Crippen LogP contribution < -0.4 is 10.1 Å². The van der Waals surface area contributed by atoms with Crippen LogP contribution in [0.1, 0.15) is 24.1 Å². The highest BCUT2D eigenvalue weighted by Gasteiger charge is 2.13. The van der Waals surface area contributed by atoms with Gasteiger partial charge in [-0.3, -0.25) is 0 Å². The van der Waals surface area contributed by atoms with Crippen LogP contribution in [-0.4, -0.2) is 6.61 Å². The third-order valence-electron chi connectivity index (χ3n) is 3.12. The lowest BCUT2D eigenvalue weighted by Crippen LogP contribution is -2.05. The van der Waals surface area contributed by atoms with Crippen molar-refractivity contribution in [2.45, 2.75) is 19.4 Å². The van der Waals surface area contributed by atoms with Crippen molar-refractivity contribution in [1.82, 2.24) is 0 Å². The maximum atomic E-state index is 5.50. The van der Waals surface area contributed by atoms with Gasteiger partial charge in [0.25, 0.3) is 0 Å². The van der Waals surface area contributed by atoms with Gasteiger partial charge in [0, 0.05) is 18.2 Å². The predicted molar refractivity (Wildman–Crippen MR) is 72.0 cm³/mol. The molecule has 1 aliphatic rings.